The van der Waals surface area contributed by atoms with Crippen LogP contribution in [0, 0.1) is 17.2 Å². The van der Waals surface area contributed by atoms with E-state index in [0.29, 0.717) is 12.0 Å². The monoisotopic (exact) mass is 316 g/mol. The molecule has 7 heteroatoms. The largest absolute Gasteiger partial charge is 0.393 e. The predicted molar refractivity (Wildman–Crippen MR) is 76.8 cm³/mol. The zero-order valence-corrected chi connectivity index (χ0v) is 12.9. The normalized spacial score (nSPS) is 13.2. The van der Waals surface area contributed by atoms with Crippen LogP contribution in [0.1, 0.15) is 25.8 Å². The van der Waals surface area contributed by atoms with Crippen LogP contribution < -0.4 is 4.72 Å². The summed E-state index contributed by atoms with van der Waals surface area (Å²) in [7, 11) is -3.74. The van der Waals surface area contributed by atoms with E-state index in [4.69, 9.17) is 16.9 Å². The molecule has 0 saturated heterocycles. The molecule has 0 aliphatic carbocycles. The van der Waals surface area contributed by atoms with Crippen LogP contribution in [0.5, 0.6) is 0 Å². The molecule has 0 aliphatic rings. The van der Waals surface area contributed by atoms with E-state index in [2.05, 4.69) is 4.72 Å². The van der Waals surface area contributed by atoms with Gasteiger partial charge in [-0.3, -0.25) is 0 Å². The summed E-state index contributed by atoms with van der Waals surface area (Å²) in [6.07, 6.45) is -0.237. The van der Waals surface area contributed by atoms with Crippen molar-refractivity contribution in [3.05, 3.63) is 28.8 Å². The fourth-order valence-electron chi connectivity index (χ4n) is 1.54. The molecule has 110 valence electrons. The highest BCUT2D eigenvalue weighted by atomic mass is 35.5. The van der Waals surface area contributed by atoms with Crippen LogP contribution in [-0.4, -0.2) is 26.2 Å². The second kappa shape index (κ2) is 7.04. The highest BCUT2D eigenvalue weighted by Gasteiger charge is 2.18. The Morgan fingerprint density at radius 2 is 2.10 bits per heavy atom. The Bertz CT molecular complexity index is 609. The summed E-state index contributed by atoms with van der Waals surface area (Å²) in [4.78, 5) is -0.0720. The number of nitrogens with zero attached hydrogens (tertiary/aromatic N) is 1. The molecule has 2 N–H and O–H groups in total. The number of sulfonamides is 1. The summed E-state index contributed by atoms with van der Waals surface area (Å²) >= 11 is 5.86. The minimum atomic E-state index is -3.74. The molecule has 0 aliphatic heterocycles. The van der Waals surface area contributed by atoms with Gasteiger partial charge in [0.25, 0.3) is 0 Å². The Hall–Kier alpha value is -1.13. The summed E-state index contributed by atoms with van der Waals surface area (Å²) < 4.78 is 26.5. The quantitative estimate of drug-likeness (QED) is 0.838. The van der Waals surface area contributed by atoms with Gasteiger partial charge in [-0.1, -0.05) is 25.4 Å². The van der Waals surface area contributed by atoms with Gasteiger partial charge < -0.3 is 5.11 Å². The topological polar surface area (TPSA) is 90.2 Å². The number of aliphatic hydroxyl groups excluding tert-OH is 1. The first-order valence-corrected chi connectivity index (χ1v) is 8.01. The van der Waals surface area contributed by atoms with Gasteiger partial charge in [-0.2, -0.15) is 5.26 Å². The second-order valence-corrected chi connectivity index (χ2v) is 6.90. The number of nitrogens with one attached hydrogen (secondary N) is 1. The van der Waals surface area contributed by atoms with Crippen LogP contribution in [0.25, 0.3) is 0 Å². The molecule has 0 heterocycles. The van der Waals surface area contributed by atoms with E-state index in [1.54, 1.807) is 0 Å². The molecule has 20 heavy (non-hydrogen) atoms. The van der Waals surface area contributed by atoms with Crippen molar-refractivity contribution in [2.24, 2.45) is 5.92 Å². The van der Waals surface area contributed by atoms with Gasteiger partial charge in [-0.15, -0.1) is 0 Å². The number of hydrogen-bond acceptors (Lipinski definition) is 4. The highest BCUT2D eigenvalue weighted by molar-refractivity contribution is 7.89. The van der Waals surface area contributed by atoms with Crippen molar-refractivity contribution in [2.45, 2.75) is 31.3 Å². The van der Waals surface area contributed by atoms with Gasteiger partial charge in [-0.05, 0) is 30.5 Å². The molecule has 0 fully saturated rings. The van der Waals surface area contributed by atoms with E-state index < -0.39 is 16.1 Å². The Kier molecular flexibility index (Phi) is 5.96. The third-order valence-corrected chi connectivity index (χ3v) is 4.80. The van der Waals surface area contributed by atoms with Crippen molar-refractivity contribution in [1.29, 1.82) is 5.26 Å². The molecule has 0 radical (unpaired) electrons. The van der Waals surface area contributed by atoms with Gasteiger partial charge >= 0.3 is 0 Å². The fourth-order valence-corrected chi connectivity index (χ4v) is 3.13. The van der Waals surface area contributed by atoms with Gasteiger partial charge in [0.05, 0.1) is 22.8 Å². The standard InChI is InChI=1S/C13H17ClN2O3S/c1-9(2)12(17)5-6-16-20(18,19)13-4-3-10(8-15)7-11(13)14/h3-4,7,9,12,16-17H,5-6H2,1-2H3/t12-/m1/s1. The van der Waals surface area contributed by atoms with Crippen molar-refractivity contribution in [3.8, 4) is 6.07 Å². The van der Waals surface area contributed by atoms with Crippen LogP contribution in [0.4, 0.5) is 0 Å². The van der Waals surface area contributed by atoms with Crippen molar-refractivity contribution in [1.82, 2.24) is 4.72 Å². The van der Waals surface area contributed by atoms with Crippen molar-refractivity contribution in [3.63, 3.8) is 0 Å². The Morgan fingerprint density at radius 1 is 1.45 bits per heavy atom. The van der Waals surface area contributed by atoms with E-state index in [9.17, 15) is 13.5 Å². The molecule has 0 saturated carbocycles. The lowest BCUT2D eigenvalue weighted by Gasteiger charge is -2.15. The first-order chi connectivity index (χ1) is 9.27. The fraction of sp³-hybridized carbons (Fsp3) is 0.462. The number of rotatable bonds is 6. The minimum Gasteiger partial charge on any atom is -0.393 e. The molecule has 0 spiro atoms. The van der Waals surface area contributed by atoms with Gasteiger partial charge in [0.1, 0.15) is 4.90 Å². The number of nitriles is 1. The number of benzene rings is 1. The van der Waals surface area contributed by atoms with E-state index in [1.807, 2.05) is 19.9 Å². The van der Waals surface area contributed by atoms with Crippen molar-refractivity contribution in [2.75, 3.05) is 6.54 Å². The van der Waals surface area contributed by atoms with Crippen LogP contribution in [-0.2, 0) is 10.0 Å². The van der Waals surface area contributed by atoms with Crippen LogP contribution >= 0.6 is 11.6 Å². The highest BCUT2D eigenvalue weighted by Crippen LogP contribution is 2.22. The minimum absolute atomic E-state index is 0.000887. The lowest BCUT2D eigenvalue weighted by Crippen LogP contribution is -2.29. The molecular weight excluding hydrogens is 300 g/mol. The predicted octanol–water partition coefficient (Wildman–Crippen LogP) is 1.90. The van der Waals surface area contributed by atoms with Gasteiger partial charge in [0.2, 0.25) is 10.0 Å². The molecule has 0 unspecified atom stereocenters. The maximum Gasteiger partial charge on any atom is 0.242 e. The van der Waals surface area contributed by atoms with Crippen LogP contribution in [0.15, 0.2) is 23.1 Å². The van der Waals surface area contributed by atoms with Crippen molar-refractivity contribution < 1.29 is 13.5 Å². The molecule has 0 amide bonds. The molecule has 5 nitrogen and oxygen atoms in total. The van der Waals surface area contributed by atoms with Gasteiger partial charge in [0.15, 0.2) is 0 Å². The summed E-state index contributed by atoms with van der Waals surface area (Å²) in [6, 6.07) is 5.87. The molecule has 1 rings (SSSR count). The van der Waals surface area contributed by atoms with Crippen LogP contribution in [0.3, 0.4) is 0 Å². The SMILES string of the molecule is CC(C)[C@H](O)CCNS(=O)(=O)c1ccc(C#N)cc1Cl. The lowest BCUT2D eigenvalue weighted by atomic mass is 10.1. The first-order valence-electron chi connectivity index (χ1n) is 6.15. The first kappa shape index (κ1) is 16.9. The maximum atomic E-state index is 12.0. The molecule has 0 bridgehead atoms. The number of aliphatic hydroxyl groups is 1. The van der Waals surface area contributed by atoms with Crippen LogP contribution in [0.2, 0.25) is 5.02 Å². The van der Waals surface area contributed by atoms with E-state index in [0.717, 1.165) is 0 Å². The third kappa shape index (κ3) is 4.46. The maximum absolute atomic E-state index is 12.0. The lowest BCUT2D eigenvalue weighted by molar-refractivity contribution is 0.118. The third-order valence-electron chi connectivity index (χ3n) is 2.85. The molecule has 1 atom stereocenters. The van der Waals surface area contributed by atoms with E-state index in [-0.39, 0.29) is 22.4 Å². The molecule has 0 aromatic heterocycles. The summed E-state index contributed by atoms with van der Waals surface area (Å²) in [6.45, 7) is 3.84. The number of hydrogen-bond donors (Lipinski definition) is 2. The summed E-state index contributed by atoms with van der Waals surface area (Å²) in [5.41, 5.74) is 0.296. The Morgan fingerprint density at radius 3 is 2.60 bits per heavy atom. The number of halogens is 1. The summed E-state index contributed by atoms with van der Waals surface area (Å²) in [5.74, 6) is 0.0676. The zero-order chi connectivity index (χ0) is 15.3. The second-order valence-electron chi connectivity index (χ2n) is 4.75. The van der Waals surface area contributed by atoms with E-state index >= 15 is 0 Å². The Balaban J connectivity index is 2.77. The summed E-state index contributed by atoms with van der Waals surface area (Å²) in [5, 5.41) is 18.3. The molecule has 1 aromatic carbocycles. The molecule has 1 aromatic rings. The molecular formula is C13H17ClN2O3S. The smallest absolute Gasteiger partial charge is 0.242 e. The van der Waals surface area contributed by atoms with Crippen molar-refractivity contribution >= 4 is 21.6 Å². The Labute approximate surface area is 124 Å². The van der Waals surface area contributed by atoms with Gasteiger partial charge in [0, 0.05) is 6.54 Å². The average molecular weight is 317 g/mol. The van der Waals surface area contributed by atoms with E-state index in [1.165, 1.54) is 18.2 Å². The zero-order valence-electron chi connectivity index (χ0n) is 11.3. The average Bonchev–Trinajstić information content (AvgIpc) is 2.37. The van der Waals surface area contributed by atoms with Gasteiger partial charge in [-0.25, -0.2) is 13.1 Å².